The zero-order valence-electron chi connectivity index (χ0n) is 15.8. The van der Waals surface area contributed by atoms with Gasteiger partial charge in [0.1, 0.15) is 0 Å². The summed E-state index contributed by atoms with van der Waals surface area (Å²) in [7, 11) is 0. The van der Waals surface area contributed by atoms with E-state index in [-0.39, 0.29) is 17.8 Å². The first-order valence-corrected chi connectivity index (χ1v) is 9.89. The lowest BCUT2D eigenvalue weighted by molar-refractivity contribution is -0.114. The highest BCUT2D eigenvalue weighted by molar-refractivity contribution is 6.35. The van der Waals surface area contributed by atoms with Crippen LogP contribution in [0, 0.1) is 6.92 Å². The Morgan fingerprint density at radius 3 is 2.40 bits per heavy atom. The number of rotatable bonds is 4. The van der Waals surface area contributed by atoms with Gasteiger partial charge in [0.2, 0.25) is 5.91 Å². The molecule has 0 saturated heterocycles. The molecule has 7 nitrogen and oxygen atoms in total. The first-order valence-electron chi connectivity index (χ1n) is 8.76. The van der Waals surface area contributed by atoms with E-state index < -0.39 is 0 Å². The average Bonchev–Trinajstić information content (AvgIpc) is 3.26. The van der Waals surface area contributed by atoms with Crippen LogP contribution in [0.5, 0.6) is 0 Å². The molecule has 0 spiro atoms. The molecule has 0 radical (unpaired) electrons. The van der Waals surface area contributed by atoms with Crippen LogP contribution in [0.25, 0.3) is 28.5 Å². The molecule has 0 fully saturated rings. The van der Waals surface area contributed by atoms with Crippen LogP contribution in [-0.2, 0) is 4.79 Å². The zero-order valence-corrected chi connectivity index (χ0v) is 18.0. The number of halogens is 3. The van der Waals surface area contributed by atoms with Crippen LogP contribution in [0.15, 0.2) is 46.9 Å². The minimum atomic E-state index is -0.317. The van der Waals surface area contributed by atoms with Crippen LogP contribution in [0.3, 0.4) is 0 Å². The molecule has 30 heavy (non-hydrogen) atoms. The number of aromatic nitrogens is 4. The number of carbonyl (C=O) groups is 1. The second-order valence-electron chi connectivity index (χ2n) is 6.43. The topological polar surface area (TPSA) is 85.8 Å². The summed E-state index contributed by atoms with van der Waals surface area (Å²) >= 11 is 18.6. The largest absolute Gasteiger partial charge is 0.401 e. The molecule has 0 aliphatic rings. The summed E-state index contributed by atoms with van der Waals surface area (Å²) in [5.74, 6) is -0.155. The quantitative estimate of drug-likeness (QED) is 0.413. The van der Waals surface area contributed by atoms with Gasteiger partial charge >= 0.3 is 6.01 Å². The van der Waals surface area contributed by atoms with E-state index in [4.69, 9.17) is 39.2 Å². The molecule has 2 aromatic heterocycles. The van der Waals surface area contributed by atoms with Gasteiger partial charge in [-0.3, -0.25) is 10.1 Å². The Hall–Kier alpha value is -2.87. The Morgan fingerprint density at radius 1 is 1.03 bits per heavy atom. The summed E-state index contributed by atoms with van der Waals surface area (Å²) in [5, 5.41) is 16.5. The Morgan fingerprint density at radius 2 is 1.73 bits per heavy atom. The summed E-state index contributed by atoms with van der Waals surface area (Å²) in [6.07, 6.45) is 0. The van der Waals surface area contributed by atoms with Crippen molar-refractivity contribution in [2.24, 2.45) is 0 Å². The number of hydrogen-bond donors (Lipinski definition) is 1. The summed E-state index contributed by atoms with van der Waals surface area (Å²) in [5.41, 5.74) is 3.49. The second kappa shape index (κ2) is 8.10. The van der Waals surface area contributed by atoms with Gasteiger partial charge in [-0.05, 0) is 37.3 Å². The third-order valence-electron chi connectivity index (χ3n) is 4.29. The van der Waals surface area contributed by atoms with Crippen molar-refractivity contribution in [3.8, 4) is 28.5 Å². The van der Waals surface area contributed by atoms with E-state index in [0.29, 0.717) is 26.4 Å². The molecular formula is C20H14Cl3N5O2. The summed E-state index contributed by atoms with van der Waals surface area (Å²) < 4.78 is 7.25. The lowest BCUT2D eigenvalue weighted by Gasteiger charge is -2.11. The van der Waals surface area contributed by atoms with Crippen LogP contribution >= 0.6 is 34.8 Å². The Balaban J connectivity index is 1.92. The zero-order chi connectivity index (χ0) is 21.4. The molecule has 0 bridgehead atoms. The number of amides is 1. The molecule has 1 amide bonds. The molecule has 10 heteroatoms. The third kappa shape index (κ3) is 3.92. The van der Waals surface area contributed by atoms with Crippen molar-refractivity contribution in [2.75, 3.05) is 5.32 Å². The van der Waals surface area contributed by atoms with Crippen LogP contribution in [0.2, 0.25) is 15.1 Å². The van der Waals surface area contributed by atoms with Crippen molar-refractivity contribution in [3.63, 3.8) is 0 Å². The molecule has 4 rings (SSSR count). The van der Waals surface area contributed by atoms with Crippen molar-refractivity contribution in [1.82, 2.24) is 20.0 Å². The van der Waals surface area contributed by atoms with Crippen LogP contribution in [0.4, 0.5) is 6.01 Å². The molecule has 0 unspecified atom stereocenters. The summed E-state index contributed by atoms with van der Waals surface area (Å²) in [4.78, 5) is 11.3. The van der Waals surface area contributed by atoms with Gasteiger partial charge in [0.25, 0.3) is 5.89 Å². The van der Waals surface area contributed by atoms with E-state index in [0.717, 1.165) is 16.8 Å². The fraction of sp³-hybridized carbons (Fsp3) is 0.100. The van der Waals surface area contributed by atoms with Gasteiger partial charge in [0.05, 0.1) is 16.4 Å². The number of hydrogen-bond acceptors (Lipinski definition) is 5. The van der Waals surface area contributed by atoms with E-state index in [1.807, 2.05) is 19.1 Å². The molecule has 0 aliphatic heterocycles. The van der Waals surface area contributed by atoms with Gasteiger partial charge in [-0.1, -0.05) is 52.0 Å². The number of anilines is 1. The fourth-order valence-electron chi connectivity index (χ4n) is 2.99. The lowest BCUT2D eigenvalue weighted by atomic mass is 10.1. The number of nitrogens with one attached hydrogen (secondary N) is 1. The fourth-order valence-corrected chi connectivity index (χ4v) is 3.61. The van der Waals surface area contributed by atoms with Crippen LogP contribution in [0.1, 0.15) is 12.5 Å². The van der Waals surface area contributed by atoms with Gasteiger partial charge < -0.3 is 4.42 Å². The van der Waals surface area contributed by atoms with E-state index in [1.165, 1.54) is 6.92 Å². The minimum Gasteiger partial charge on any atom is -0.401 e. The average molecular weight is 463 g/mol. The highest BCUT2D eigenvalue weighted by atomic mass is 35.5. The van der Waals surface area contributed by atoms with Gasteiger partial charge in [-0.2, -0.15) is 5.10 Å². The van der Waals surface area contributed by atoms with E-state index in [9.17, 15) is 4.79 Å². The second-order valence-corrected chi connectivity index (χ2v) is 7.71. The molecule has 0 atom stereocenters. The number of benzene rings is 2. The third-order valence-corrected chi connectivity index (χ3v) is 5.08. The molecule has 0 aliphatic carbocycles. The first-order chi connectivity index (χ1) is 14.3. The van der Waals surface area contributed by atoms with Crippen molar-refractivity contribution >= 4 is 46.7 Å². The van der Waals surface area contributed by atoms with E-state index in [2.05, 4.69) is 20.6 Å². The van der Waals surface area contributed by atoms with Crippen molar-refractivity contribution in [1.29, 1.82) is 0 Å². The molecule has 4 aromatic rings. The molecule has 0 saturated carbocycles. The number of carbonyl (C=O) groups excluding carboxylic acids is 1. The van der Waals surface area contributed by atoms with Gasteiger partial charge in [0, 0.05) is 28.1 Å². The highest BCUT2D eigenvalue weighted by Crippen LogP contribution is 2.36. The smallest absolute Gasteiger partial charge is 0.322 e. The van der Waals surface area contributed by atoms with E-state index >= 15 is 0 Å². The molecule has 152 valence electrons. The first kappa shape index (κ1) is 20.4. The standard InChI is InChI=1S/C20H14Cl3N5O2/c1-10-17(19-25-26-20(30-19)24-11(2)29)27-28(16-8-7-14(22)9-15(16)23)18(10)12-3-5-13(21)6-4-12/h3-9H,1-2H3,(H,24,26,29). The predicted molar refractivity (Wildman–Crippen MR) is 116 cm³/mol. The van der Waals surface area contributed by atoms with Crippen molar-refractivity contribution in [2.45, 2.75) is 13.8 Å². The molecular weight excluding hydrogens is 449 g/mol. The molecule has 1 N–H and O–H groups in total. The molecule has 2 heterocycles. The van der Waals surface area contributed by atoms with Crippen molar-refractivity contribution < 1.29 is 9.21 Å². The van der Waals surface area contributed by atoms with Gasteiger partial charge in [-0.15, -0.1) is 5.10 Å². The molecule has 2 aromatic carbocycles. The Kier molecular flexibility index (Phi) is 5.51. The van der Waals surface area contributed by atoms with Gasteiger partial charge in [0.15, 0.2) is 5.69 Å². The summed E-state index contributed by atoms with van der Waals surface area (Å²) in [6.45, 7) is 3.24. The maximum absolute atomic E-state index is 11.3. The SMILES string of the molecule is CC(=O)Nc1nnc(-c2nn(-c3ccc(Cl)cc3Cl)c(-c3ccc(Cl)cc3)c2C)o1. The van der Waals surface area contributed by atoms with Crippen LogP contribution < -0.4 is 5.32 Å². The maximum Gasteiger partial charge on any atom is 0.322 e. The lowest BCUT2D eigenvalue weighted by Crippen LogP contribution is -2.05. The van der Waals surface area contributed by atoms with Crippen molar-refractivity contribution in [3.05, 3.63) is 63.1 Å². The monoisotopic (exact) mass is 461 g/mol. The predicted octanol–water partition coefficient (Wildman–Crippen LogP) is 5.82. The normalized spacial score (nSPS) is 11.0. The highest BCUT2D eigenvalue weighted by Gasteiger charge is 2.23. The van der Waals surface area contributed by atoms with E-state index in [1.54, 1.807) is 35.0 Å². The minimum absolute atomic E-state index is 0.0102. The van der Waals surface area contributed by atoms with Crippen LogP contribution in [-0.4, -0.2) is 25.9 Å². The van der Waals surface area contributed by atoms with Gasteiger partial charge in [-0.25, -0.2) is 4.68 Å². The Bertz CT molecular complexity index is 1250. The number of nitrogens with zero attached hydrogens (tertiary/aromatic N) is 4. The maximum atomic E-state index is 11.3. The summed E-state index contributed by atoms with van der Waals surface area (Å²) in [6, 6.07) is 12.5. The Labute approximate surface area is 186 Å².